The molecule has 0 saturated heterocycles. The lowest BCUT2D eigenvalue weighted by Crippen LogP contribution is -2.00. The van der Waals surface area contributed by atoms with Crippen molar-refractivity contribution in [1.29, 1.82) is 0 Å². The predicted molar refractivity (Wildman–Crippen MR) is 73.5 cm³/mol. The van der Waals surface area contributed by atoms with Gasteiger partial charge in [-0.1, -0.05) is 12.1 Å². The predicted octanol–water partition coefficient (Wildman–Crippen LogP) is 4.60. The van der Waals surface area contributed by atoms with Gasteiger partial charge in [-0.25, -0.2) is 4.39 Å². The van der Waals surface area contributed by atoms with Crippen molar-refractivity contribution in [3.8, 4) is 5.75 Å². The zero-order valence-electron chi connectivity index (χ0n) is 10.7. The van der Waals surface area contributed by atoms with Gasteiger partial charge < -0.3 is 10.5 Å². The largest absolute Gasteiger partial charge is 0.489 e. The molecule has 0 heterocycles. The van der Waals surface area contributed by atoms with Crippen LogP contribution in [0.2, 0.25) is 0 Å². The molecule has 0 aliphatic rings. The summed E-state index contributed by atoms with van der Waals surface area (Å²) in [6.45, 7) is 0.125. The van der Waals surface area contributed by atoms with E-state index in [0.29, 0.717) is 11.3 Å². The number of halogens is 4. The average molecular weight is 317 g/mol. The van der Waals surface area contributed by atoms with E-state index in [9.17, 15) is 17.6 Å². The molecule has 0 radical (unpaired) electrons. The third-order valence-electron chi connectivity index (χ3n) is 2.53. The second-order valence-electron chi connectivity index (χ2n) is 4.16. The van der Waals surface area contributed by atoms with Crippen molar-refractivity contribution in [3.63, 3.8) is 0 Å². The van der Waals surface area contributed by atoms with E-state index in [4.69, 9.17) is 10.5 Å². The quantitative estimate of drug-likeness (QED) is 0.508. The van der Waals surface area contributed by atoms with E-state index in [1.807, 2.05) is 0 Å². The molecule has 0 spiro atoms. The Bertz CT molecular complexity index is 613. The maximum absolute atomic E-state index is 13.2. The molecule has 0 saturated carbocycles. The summed E-state index contributed by atoms with van der Waals surface area (Å²) in [5.41, 5.74) is 1.74. The highest BCUT2D eigenvalue weighted by Gasteiger charge is 2.28. The van der Waals surface area contributed by atoms with Crippen molar-refractivity contribution in [2.24, 2.45) is 0 Å². The Morgan fingerprint density at radius 2 is 1.71 bits per heavy atom. The lowest BCUT2D eigenvalue weighted by atomic mass is 10.2. The Labute approximate surface area is 122 Å². The first-order valence-electron chi connectivity index (χ1n) is 5.86. The van der Waals surface area contributed by atoms with Gasteiger partial charge in [0.1, 0.15) is 18.2 Å². The van der Waals surface area contributed by atoms with Crippen molar-refractivity contribution in [1.82, 2.24) is 0 Å². The van der Waals surface area contributed by atoms with Gasteiger partial charge in [-0.3, -0.25) is 0 Å². The number of ether oxygens (including phenoxy) is 1. The van der Waals surface area contributed by atoms with Gasteiger partial charge in [-0.05, 0) is 41.6 Å². The molecule has 112 valence electrons. The summed E-state index contributed by atoms with van der Waals surface area (Å²) in [4.78, 5) is 0.102. The van der Waals surface area contributed by atoms with Crippen LogP contribution in [0.5, 0.6) is 5.75 Å². The fraction of sp³-hybridized carbons (Fsp3) is 0.143. The molecular weight excluding hydrogens is 306 g/mol. The molecule has 0 fully saturated rings. The van der Waals surface area contributed by atoms with Crippen LogP contribution in [0.4, 0.5) is 23.2 Å². The lowest BCUT2D eigenvalue weighted by molar-refractivity contribution is -0.0328. The van der Waals surface area contributed by atoms with Gasteiger partial charge in [0.15, 0.2) is 0 Å². The number of benzene rings is 2. The molecule has 0 amide bonds. The third kappa shape index (κ3) is 4.86. The summed E-state index contributed by atoms with van der Waals surface area (Å²) in [5.74, 6) is -0.278. The first-order chi connectivity index (χ1) is 9.83. The minimum absolute atomic E-state index is 0.0240. The molecule has 0 bridgehead atoms. The van der Waals surface area contributed by atoms with Crippen molar-refractivity contribution in [2.75, 3.05) is 5.73 Å². The average Bonchev–Trinajstić information content (AvgIpc) is 2.40. The smallest absolute Gasteiger partial charge is 0.446 e. The van der Waals surface area contributed by atoms with Crippen LogP contribution in [-0.4, -0.2) is 5.51 Å². The Hall–Kier alpha value is -1.89. The standard InChI is InChI=1S/C14H11F4NOS/c15-12-7-10(3-6-13(12)19)20-8-9-1-4-11(5-2-9)21-14(16,17)18/h1-7H,8,19H2. The molecular formula is C14H11F4NOS. The molecule has 0 aliphatic heterocycles. The monoisotopic (exact) mass is 317 g/mol. The molecule has 2 nitrogen and oxygen atoms in total. The Morgan fingerprint density at radius 3 is 2.29 bits per heavy atom. The maximum Gasteiger partial charge on any atom is 0.446 e. The number of alkyl halides is 3. The Kier molecular flexibility index (Phi) is 4.62. The molecule has 2 rings (SSSR count). The number of hydrogen-bond donors (Lipinski definition) is 1. The van der Waals surface area contributed by atoms with Crippen LogP contribution in [0.1, 0.15) is 5.56 Å². The van der Waals surface area contributed by atoms with Gasteiger partial charge in [-0.2, -0.15) is 13.2 Å². The molecule has 0 aromatic heterocycles. The number of hydrogen-bond acceptors (Lipinski definition) is 3. The number of anilines is 1. The fourth-order valence-electron chi connectivity index (χ4n) is 1.55. The van der Waals surface area contributed by atoms with E-state index in [1.54, 1.807) is 0 Å². The topological polar surface area (TPSA) is 35.2 Å². The van der Waals surface area contributed by atoms with Crippen LogP contribution in [0.3, 0.4) is 0 Å². The van der Waals surface area contributed by atoms with Crippen LogP contribution in [0.25, 0.3) is 0 Å². The van der Waals surface area contributed by atoms with Crippen molar-refractivity contribution in [3.05, 3.63) is 53.8 Å². The Balaban J connectivity index is 1.96. The van der Waals surface area contributed by atoms with Crippen LogP contribution in [0, 0.1) is 5.82 Å². The van der Waals surface area contributed by atoms with Gasteiger partial charge in [0.25, 0.3) is 0 Å². The summed E-state index contributed by atoms with van der Waals surface area (Å²) < 4.78 is 55.1. The molecule has 21 heavy (non-hydrogen) atoms. The van der Waals surface area contributed by atoms with E-state index in [1.165, 1.54) is 36.4 Å². The van der Waals surface area contributed by atoms with Crippen molar-refractivity contribution in [2.45, 2.75) is 17.0 Å². The van der Waals surface area contributed by atoms with E-state index in [-0.39, 0.29) is 29.0 Å². The molecule has 2 N–H and O–H groups in total. The van der Waals surface area contributed by atoms with Crippen molar-refractivity contribution < 1.29 is 22.3 Å². The van der Waals surface area contributed by atoms with Gasteiger partial charge in [0.2, 0.25) is 0 Å². The molecule has 0 aliphatic carbocycles. The number of nitrogens with two attached hydrogens (primary N) is 1. The van der Waals surface area contributed by atoms with E-state index < -0.39 is 11.3 Å². The lowest BCUT2D eigenvalue weighted by Gasteiger charge is -2.09. The molecule has 0 atom stereocenters. The van der Waals surface area contributed by atoms with Gasteiger partial charge in [-0.15, -0.1) is 0 Å². The van der Waals surface area contributed by atoms with Crippen LogP contribution in [-0.2, 0) is 6.61 Å². The molecule has 0 unspecified atom stereocenters. The number of thioether (sulfide) groups is 1. The summed E-state index contributed by atoms with van der Waals surface area (Å²) in [6.07, 6.45) is 0. The highest BCUT2D eigenvalue weighted by atomic mass is 32.2. The first-order valence-corrected chi connectivity index (χ1v) is 6.68. The third-order valence-corrected chi connectivity index (χ3v) is 3.27. The van der Waals surface area contributed by atoms with Gasteiger partial charge in [0, 0.05) is 11.0 Å². The minimum Gasteiger partial charge on any atom is -0.489 e. The fourth-order valence-corrected chi connectivity index (χ4v) is 2.09. The number of nitrogen functional groups attached to an aromatic ring is 1. The van der Waals surface area contributed by atoms with E-state index in [0.717, 1.165) is 6.07 Å². The molecule has 7 heteroatoms. The zero-order valence-corrected chi connectivity index (χ0v) is 11.5. The highest BCUT2D eigenvalue weighted by Crippen LogP contribution is 2.36. The first kappa shape index (κ1) is 15.5. The van der Waals surface area contributed by atoms with E-state index >= 15 is 0 Å². The van der Waals surface area contributed by atoms with Crippen molar-refractivity contribution >= 4 is 17.4 Å². The summed E-state index contributed by atoms with van der Waals surface area (Å²) in [6, 6.07) is 9.84. The summed E-state index contributed by atoms with van der Waals surface area (Å²) in [5, 5.41) is 0. The Morgan fingerprint density at radius 1 is 1.05 bits per heavy atom. The van der Waals surface area contributed by atoms with Gasteiger partial charge in [0.05, 0.1) is 5.69 Å². The second kappa shape index (κ2) is 6.26. The molecule has 2 aromatic rings. The second-order valence-corrected chi connectivity index (χ2v) is 5.30. The van der Waals surface area contributed by atoms with Gasteiger partial charge >= 0.3 is 5.51 Å². The maximum atomic E-state index is 13.2. The summed E-state index contributed by atoms with van der Waals surface area (Å²) in [7, 11) is 0. The normalized spacial score (nSPS) is 11.4. The van der Waals surface area contributed by atoms with E-state index in [2.05, 4.69) is 0 Å². The number of rotatable bonds is 4. The highest BCUT2D eigenvalue weighted by molar-refractivity contribution is 8.00. The van der Waals surface area contributed by atoms with Crippen LogP contribution >= 0.6 is 11.8 Å². The zero-order chi connectivity index (χ0) is 15.5. The summed E-state index contributed by atoms with van der Waals surface area (Å²) >= 11 is -0.177. The molecule has 2 aromatic carbocycles. The van der Waals surface area contributed by atoms with Crippen LogP contribution in [0.15, 0.2) is 47.4 Å². The minimum atomic E-state index is -4.31. The van der Waals surface area contributed by atoms with Crippen LogP contribution < -0.4 is 10.5 Å². The SMILES string of the molecule is Nc1ccc(OCc2ccc(SC(F)(F)F)cc2)cc1F.